The van der Waals surface area contributed by atoms with E-state index in [0.717, 1.165) is 0 Å². The molecule has 6 heteroatoms. The predicted molar refractivity (Wildman–Crippen MR) is 97.1 cm³/mol. The molecule has 0 radical (unpaired) electrons. The molecule has 0 bridgehead atoms. The maximum Gasteiger partial charge on any atom is 0.341 e. The van der Waals surface area contributed by atoms with Crippen LogP contribution in [0.25, 0.3) is 0 Å². The fourth-order valence-electron chi connectivity index (χ4n) is 2.17. The summed E-state index contributed by atoms with van der Waals surface area (Å²) in [6.07, 6.45) is 0.534. The van der Waals surface area contributed by atoms with Gasteiger partial charge in [0.15, 0.2) is 0 Å². The first-order chi connectivity index (χ1) is 11.8. The molecule has 0 fully saturated rings. The van der Waals surface area contributed by atoms with Crippen molar-refractivity contribution in [3.05, 3.63) is 23.8 Å². The Kier molecular flexibility index (Phi) is 7.90. The van der Waals surface area contributed by atoms with Crippen molar-refractivity contribution in [2.45, 2.75) is 46.6 Å². The Morgan fingerprint density at radius 2 is 1.92 bits per heavy atom. The summed E-state index contributed by atoms with van der Waals surface area (Å²) in [5.74, 6) is -0.0237. The van der Waals surface area contributed by atoms with Crippen LogP contribution >= 0.6 is 0 Å². The first-order valence-electron chi connectivity index (χ1n) is 8.57. The fourth-order valence-corrected chi connectivity index (χ4v) is 2.17. The van der Waals surface area contributed by atoms with E-state index in [-0.39, 0.29) is 11.5 Å². The summed E-state index contributed by atoms with van der Waals surface area (Å²) in [6.45, 7) is 10.4. The van der Waals surface area contributed by atoms with Crippen LogP contribution in [0.1, 0.15) is 51.4 Å². The second-order valence-electron chi connectivity index (χ2n) is 6.38. The summed E-state index contributed by atoms with van der Waals surface area (Å²) in [5, 5.41) is 2.80. The highest BCUT2D eigenvalue weighted by molar-refractivity contribution is 5.99. The average Bonchev–Trinajstić information content (AvgIpc) is 2.59. The molecule has 140 valence electrons. The second kappa shape index (κ2) is 9.42. The van der Waals surface area contributed by atoms with Crippen LogP contribution < -0.4 is 10.1 Å². The van der Waals surface area contributed by atoms with Gasteiger partial charge in [-0.25, -0.2) is 4.79 Å². The first kappa shape index (κ1) is 21.0. The number of rotatable bonds is 9. The number of carbonyl (C=O) groups is 2. The van der Waals surface area contributed by atoms with Crippen molar-refractivity contribution in [3.8, 4) is 5.75 Å². The molecule has 0 saturated carbocycles. The number of anilines is 1. The van der Waals surface area contributed by atoms with Crippen LogP contribution in [-0.4, -0.2) is 37.8 Å². The van der Waals surface area contributed by atoms with Crippen molar-refractivity contribution in [3.63, 3.8) is 0 Å². The Hall–Kier alpha value is -2.08. The molecule has 0 aliphatic rings. The van der Waals surface area contributed by atoms with Crippen molar-refractivity contribution < 1.29 is 23.8 Å². The predicted octanol–water partition coefficient (Wildman–Crippen LogP) is 3.65. The molecular formula is C19H29NO5. The van der Waals surface area contributed by atoms with Gasteiger partial charge in [0.05, 0.1) is 13.7 Å². The van der Waals surface area contributed by atoms with E-state index in [4.69, 9.17) is 14.2 Å². The molecule has 0 unspecified atom stereocenters. The SMILES string of the molecule is CCO[C@](C)(CC)C(=O)Nc1ccc(OCC(C)C)c(C(=O)OC)c1. The summed E-state index contributed by atoms with van der Waals surface area (Å²) >= 11 is 0. The molecule has 0 aromatic heterocycles. The van der Waals surface area contributed by atoms with E-state index in [0.29, 0.717) is 37.0 Å². The molecule has 0 aliphatic carbocycles. The number of hydrogen-bond acceptors (Lipinski definition) is 5. The van der Waals surface area contributed by atoms with Crippen LogP contribution in [-0.2, 0) is 14.3 Å². The molecule has 1 rings (SSSR count). The van der Waals surface area contributed by atoms with E-state index in [1.54, 1.807) is 25.1 Å². The topological polar surface area (TPSA) is 73.9 Å². The van der Waals surface area contributed by atoms with Crippen LogP contribution in [0.5, 0.6) is 5.75 Å². The monoisotopic (exact) mass is 351 g/mol. The fraction of sp³-hybridized carbons (Fsp3) is 0.579. The molecule has 1 atom stereocenters. The number of carbonyl (C=O) groups excluding carboxylic acids is 2. The summed E-state index contributed by atoms with van der Waals surface area (Å²) in [5.41, 5.74) is -0.162. The Morgan fingerprint density at radius 1 is 1.24 bits per heavy atom. The van der Waals surface area contributed by atoms with Crippen LogP contribution in [0.3, 0.4) is 0 Å². The lowest BCUT2D eigenvalue weighted by Crippen LogP contribution is -2.42. The standard InChI is InChI=1S/C19H29NO5/c1-7-19(5,25-8-2)18(22)20-14-9-10-16(24-12-13(3)4)15(11-14)17(21)23-6/h9-11,13H,7-8,12H2,1-6H3,(H,20,22)/t19-/m1/s1. The average molecular weight is 351 g/mol. The third kappa shape index (κ3) is 5.74. The Labute approximate surface area is 149 Å². The second-order valence-corrected chi connectivity index (χ2v) is 6.38. The van der Waals surface area contributed by atoms with E-state index in [9.17, 15) is 9.59 Å². The summed E-state index contributed by atoms with van der Waals surface area (Å²) in [4.78, 5) is 24.6. The molecule has 0 spiro atoms. The lowest BCUT2D eigenvalue weighted by molar-refractivity contribution is -0.139. The number of ether oxygens (including phenoxy) is 3. The molecule has 1 aromatic carbocycles. The zero-order valence-electron chi connectivity index (χ0n) is 16.0. The van der Waals surface area contributed by atoms with Crippen molar-refractivity contribution in [1.82, 2.24) is 0 Å². The number of esters is 1. The first-order valence-corrected chi connectivity index (χ1v) is 8.57. The van der Waals surface area contributed by atoms with Crippen molar-refractivity contribution in [1.29, 1.82) is 0 Å². The van der Waals surface area contributed by atoms with Gasteiger partial charge >= 0.3 is 5.97 Å². The van der Waals surface area contributed by atoms with Crippen LogP contribution in [0.4, 0.5) is 5.69 Å². The number of nitrogens with one attached hydrogen (secondary N) is 1. The minimum Gasteiger partial charge on any atom is -0.492 e. The van der Waals surface area contributed by atoms with Gasteiger partial charge in [-0.1, -0.05) is 20.8 Å². The van der Waals surface area contributed by atoms with E-state index >= 15 is 0 Å². The van der Waals surface area contributed by atoms with E-state index in [1.807, 2.05) is 27.7 Å². The molecule has 25 heavy (non-hydrogen) atoms. The van der Waals surface area contributed by atoms with Gasteiger partial charge in [0.25, 0.3) is 5.91 Å². The molecular weight excluding hydrogens is 322 g/mol. The van der Waals surface area contributed by atoms with Crippen molar-refractivity contribution >= 4 is 17.6 Å². The number of hydrogen-bond donors (Lipinski definition) is 1. The number of benzene rings is 1. The molecule has 0 heterocycles. The highest BCUT2D eigenvalue weighted by atomic mass is 16.5. The van der Waals surface area contributed by atoms with Crippen LogP contribution in [0.15, 0.2) is 18.2 Å². The summed E-state index contributed by atoms with van der Waals surface area (Å²) < 4.78 is 16.1. The van der Waals surface area contributed by atoms with Gasteiger partial charge in [0.1, 0.15) is 16.9 Å². The highest BCUT2D eigenvalue weighted by Gasteiger charge is 2.32. The van der Waals surface area contributed by atoms with E-state index in [2.05, 4.69) is 5.32 Å². The van der Waals surface area contributed by atoms with Crippen molar-refractivity contribution in [2.75, 3.05) is 25.6 Å². The molecule has 0 aliphatic heterocycles. The number of amides is 1. The summed E-state index contributed by atoms with van der Waals surface area (Å²) in [7, 11) is 1.31. The Bertz CT molecular complexity index is 599. The lowest BCUT2D eigenvalue weighted by atomic mass is 10.0. The normalized spacial score (nSPS) is 13.2. The minimum absolute atomic E-state index is 0.261. The Morgan fingerprint density at radius 3 is 2.44 bits per heavy atom. The zero-order valence-corrected chi connectivity index (χ0v) is 16.0. The molecule has 1 N–H and O–H groups in total. The third-order valence-electron chi connectivity index (χ3n) is 3.83. The quantitative estimate of drug-likeness (QED) is 0.688. The van der Waals surface area contributed by atoms with Gasteiger partial charge in [0.2, 0.25) is 0 Å². The van der Waals surface area contributed by atoms with Gasteiger partial charge in [-0.2, -0.15) is 0 Å². The lowest BCUT2D eigenvalue weighted by Gasteiger charge is -2.27. The number of methoxy groups -OCH3 is 1. The van der Waals surface area contributed by atoms with Gasteiger partial charge < -0.3 is 19.5 Å². The van der Waals surface area contributed by atoms with Crippen LogP contribution in [0, 0.1) is 5.92 Å². The molecule has 1 amide bonds. The van der Waals surface area contributed by atoms with Gasteiger partial charge in [-0.15, -0.1) is 0 Å². The van der Waals surface area contributed by atoms with Gasteiger partial charge in [-0.3, -0.25) is 4.79 Å². The minimum atomic E-state index is -0.924. The highest BCUT2D eigenvalue weighted by Crippen LogP contribution is 2.26. The molecule has 6 nitrogen and oxygen atoms in total. The largest absolute Gasteiger partial charge is 0.492 e. The van der Waals surface area contributed by atoms with E-state index < -0.39 is 11.6 Å². The maximum atomic E-state index is 12.5. The van der Waals surface area contributed by atoms with Crippen molar-refractivity contribution in [2.24, 2.45) is 5.92 Å². The summed E-state index contributed by atoms with van der Waals surface area (Å²) in [6, 6.07) is 4.91. The molecule has 0 saturated heterocycles. The maximum absolute atomic E-state index is 12.5. The third-order valence-corrected chi connectivity index (χ3v) is 3.83. The Balaban J connectivity index is 3.05. The molecule has 1 aromatic rings. The smallest absolute Gasteiger partial charge is 0.341 e. The zero-order chi connectivity index (χ0) is 19.0. The van der Waals surface area contributed by atoms with Gasteiger partial charge in [0, 0.05) is 12.3 Å². The van der Waals surface area contributed by atoms with E-state index in [1.165, 1.54) is 7.11 Å². The van der Waals surface area contributed by atoms with Crippen LogP contribution in [0.2, 0.25) is 0 Å². The van der Waals surface area contributed by atoms with Gasteiger partial charge in [-0.05, 0) is 44.4 Å².